The minimum absolute atomic E-state index is 0.0264. The fraction of sp³-hybridized carbons (Fsp3) is 1.00. The highest BCUT2D eigenvalue weighted by atomic mass is 16.5. The molecule has 84 valence electrons. The smallest absolute Gasteiger partial charge is 0.0700 e. The Morgan fingerprint density at radius 2 is 2.36 bits per heavy atom. The van der Waals surface area contributed by atoms with Crippen LogP contribution in [0.25, 0.3) is 0 Å². The maximum atomic E-state index is 9.21. The van der Waals surface area contributed by atoms with Crippen LogP contribution in [0.2, 0.25) is 0 Å². The lowest BCUT2D eigenvalue weighted by Gasteiger charge is -2.26. The maximum Gasteiger partial charge on any atom is 0.0700 e. The van der Waals surface area contributed by atoms with Crippen molar-refractivity contribution in [2.24, 2.45) is 5.41 Å². The number of rotatable bonds is 6. The molecule has 3 nitrogen and oxygen atoms in total. The highest BCUT2D eigenvalue weighted by molar-refractivity contribution is 4.76. The first-order valence-corrected chi connectivity index (χ1v) is 5.63. The van der Waals surface area contributed by atoms with Gasteiger partial charge in [-0.2, -0.15) is 0 Å². The van der Waals surface area contributed by atoms with Gasteiger partial charge in [0, 0.05) is 31.7 Å². The molecule has 2 unspecified atom stereocenters. The zero-order chi connectivity index (χ0) is 10.4. The first kappa shape index (κ1) is 12.0. The number of aliphatic hydroxyl groups is 1. The highest BCUT2D eigenvalue weighted by Gasteiger charge is 2.21. The Kier molecular flexibility index (Phi) is 4.85. The topological polar surface area (TPSA) is 41.5 Å². The fourth-order valence-corrected chi connectivity index (χ4v) is 1.63. The van der Waals surface area contributed by atoms with Crippen LogP contribution in [-0.2, 0) is 4.74 Å². The number of hydrogen-bond acceptors (Lipinski definition) is 3. The third-order valence-electron chi connectivity index (χ3n) is 3.18. The zero-order valence-corrected chi connectivity index (χ0v) is 9.38. The average Bonchev–Trinajstić information content (AvgIpc) is 2.70. The van der Waals surface area contributed by atoms with Crippen LogP contribution in [0.5, 0.6) is 0 Å². The van der Waals surface area contributed by atoms with Crippen LogP contribution in [0.3, 0.4) is 0 Å². The Hall–Kier alpha value is -0.120. The first-order chi connectivity index (χ1) is 6.70. The molecule has 0 aliphatic carbocycles. The molecule has 1 aliphatic rings. The number of hydrogen-bond donors (Lipinski definition) is 2. The summed E-state index contributed by atoms with van der Waals surface area (Å²) in [6.07, 6.45) is 3.77. The molecular formula is C11H23NO2. The van der Waals surface area contributed by atoms with Crippen molar-refractivity contribution < 1.29 is 9.84 Å². The molecule has 0 amide bonds. The lowest BCUT2D eigenvalue weighted by atomic mass is 9.88. The summed E-state index contributed by atoms with van der Waals surface area (Å²) in [6.45, 7) is 7.19. The van der Waals surface area contributed by atoms with Crippen LogP contribution in [0.4, 0.5) is 0 Å². The second-order valence-electron chi connectivity index (χ2n) is 4.59. The van der Waals surface area contributed by atoms with E-state index in [1.54, 1.807) is 0 Å². The van der Waals surface area contributed by atoms with Gasteiger partial charge in [-0.1, -0.05) is 13.8 Å². The third kappa shape index (κ3) is 3.56. The van der Waals surface area contributed by atoms with E-state index in [1.165, 1.54) is 12.8 Å². The summed E-state index contributed by atoms with van der Waals surface area (Å²) in [5, 5.41) is 12.6. The minimum Gasteiger partial charge on any atom is -0.396 e. The van der Waals surface area contributed by atoms with E-state index in [9.17, 15) is 5.11 Å². The molecule has 14 heavy (non-hydrogen) atoms. The molecule has 0 saturated carbocycles. The lowest BCUT2D eigenvalue weighted by molar-refractivity contribution is 0.0971. The normalized spacial score (nSPS) is 26.4. The number of aliphatic hydroxyl groups excluding tert-OH is 1. The van der Waals surface area contributed by atoms with E-state index < -0.39 is 0 Å². The molecule has 2 N–H and O–H groups in total. The van der Waals surface area contributed by atoms with Gasteiger partial charge in [-0.25, -0.2) is 0 Å². The van der Waals surface area contributed by atoms with Gasteiger partial charge >= 0.3 is 0 Å². The molecule has 0 bridgehead atoms. The number of nitrogens with one attached hydrogen (secondary N) is 1. The average molecular weight is 201 g/mol. The van der Waals surface area contributed by atoms with Crippen LogP contribution in [0.1, 0.15) is 33.1 Å². The summed E-state index contributed by atoms with van der Waals surface area (Å²) in [4.78, 5) is 0. The van der Waals surface area contributed by atoms with Gasteiger partial charge in [0.25, 0.3) is 0 Å². The molecule has 0 spiro atoms. The van der Waals surface area contributed by atoms with Crippen molar-refractivity contribution >= 4 is 0 Å². The third-order valence-corrected chi connectivity index (χ3v) is 3.18. The molecule has 1 saturated heterocycles. The summed E-state index contributed by atoms with van der Waals surface area (Å²) in [6, 6.07) is 0. The minimum atomic E-state index is 0.0264. The van der Waals surface area contributed by atoms with Crippen LogP contribution < -0.4 is 5.32 Å². The van der Waals surface area contributed by atoms with Crippen LogP contribution in [-0.4, -0.2) is 37.5 Å². The van der Waals surface area contributed by atoms with Crippen LogP contribution >= 0.6 is 0 Å². The van der Waals surface area contributed by atoms with Crippen LogP contribution in [0, 0.1) is 5.41 Å². The molecule has 1 fully saturated rings. The molecule has 1 aliphatic heterocycles. The predicted molar refractivity (Wildman–Crippen MR) is 57.3 cm³/mol. The van der Waals surface area contributed by atoms with E-state index in [1.807, 2.05) is 0 Å². The first-order valence-electron chi connectivity index (χ1n) is 5.63. The molecular weight excluding hydrogens is 178 g/mol. The molecule has 3 heteroatoms. The Bertz CT molecular complexity index is 151. The Labute approximate surface area is 86.8 Å². The van der Waals surface area contributed by atoms with Crippen LogP contribution in [0.15, 0.2) is 0 Å². The molecule has 0 aromatic carbocycles. The van der Waals surface area contributed by atoms with Gasteiger partial charge in [-0.15, -0.1) is 0 Å². The van der Waals surface area contributed by atoms with Crippen molar-refractivity contribution in [3.8, 4) is 0 Å². The van der Waals surface area contributed by atoms with Gasteiger partial charge in [0.15, 0.2) is 0 Å². The standard InChI is InChI=1S/C11H23NO2/c1-3-11(2,9-13)8-12-7-10-5-4-6-14-10/h10,12-13H,3-9H2,1-2H3. The molecule has 2 atom stereocenters. The van der Waals surface area contributed by atoms with E-state index >= 15 is 0 Å². The van der Waals surface area contributed by atoms with Crippen molar-refractivity contribution in [2.75, 3.05) is 26.3 Å². The molecule has 0 radical (unpaired) electrons. The second-order valence-corrected chi connectivity index (χ2v) is 4.59. The lowest BCUT2D eigenvalue weighted by Crippen LogP contribution is -2.37. The summed E-state index contributed by atoms with van der Waals surface area (Å²) in [7, 11) is 0. The number of ether oxygens (including phenoxy) is 1. The Morgan fingerprint density at radius 1 is 1.57 bits per heavy atom. The largest absolute Gasteiger partial charge is 0.396 e. The highest BCUT2D eigenvalue weighted by Crippen LogP contribution is 2.18. The second kappa shape index (κ2) is 5.69. The van der Waals surface area contributed by atoms with Crippen molar-refractivity contribution in [1.29, 1.82) is 0 Å². The Morgan fingerprint density at radius 3 is 2.86 bits per heavy atom. The summed E-state index contributed by atoms with van der Waals surface area (Å²) >= 11 is 0. The molecule has 1 rings (SSSR count). The van der Waals surface area contributed by atoms with Crippen molar-refractivity contribution in [3.05, 3.63) is 0 Å². The van der Waals surface area contributed by atoms with Gasteiger partial charge in [-0.05, 0) is 19.3 Å². The Balaban J connectivity index is 2.12. The van der Waals surface area contributed by atoms with Gasteiger partial charge in [0.1, 0.15) is 0 Å². The van der Waals surface area contributed by atoms with E-state index in [2.05, 4.69) is 19.2 Å². The van der Waals surface area contributed by atoms with E-state index in [0.717, 1.165) is 26.1 Å². The molecule has 0 aromatic rings. The van der Waals surface area contributed by atoms with E-state index in [4.69, 9.17) is 4.74 Å². The predicted octanol–water partition coefficient (Wildman–Crippen LogP) is 1.16. The van der Waals surface area contributed by atoms with E-state index in [-0.39, 0.29) is 12.0 Å². The van der Waals surface area contributed by atoms with Crippen molar-refractivity contribution in [3.63, 3.8) is 0 Å². The van der Waals surface area contributed by atoms with Gasteiger partial charge in [-0.3, -0.25) is 0 Å². The van der Waals surface area contributed by atoms with E-state index in [0.29, 0.717) is 6.10 Å². The SMILES string of the molecule is CCC(C)(CO)CNCC1CCCO1. The monoisotopic (exact) mass is 201 g/mol. The molecule has 1 heterocycles. The van der Waals surface area contributed by atoms with Gasteiger partial charge in [0.2, 0.25) is 0 Å². The summed E-state index contributed by atoms with van der Waals surface area (Å²) < 4.78 is 5.51. The van der Waals surface area contributed by atoms with Gasteiger partial charge in [0.05, 0.1) is 6.10 Å². The summed E-state index contributed by atoms with van der Waals surface area (Å²) in [5.74, 6) is 0. The maximum absolute atomic E-state index is 9.21. The zero-order valence-electron chi connectivity index (χ0n) is 9.38. The summed E-state index contributed by atoms with van der Waals surface area (Å²) in [5.41, 5.74) is 0.0264. The van der Waals surface area contributed by atoms with Gasteiger partial charge < -0.3 is 15.2 Å². The van der Waals surface area contributed by atoms with Crippen molar-refractivity contribution in [1.82, 2.24) is 5.32 Å². The molecule has 0 aromatic heterocycles. The fourth-order valence-electron chi connectivity index (χ4n) is 1.63. The van der Waals surface area contributed by atoms with Crippen molar-refractivity contribution in [2.45, 2.75) is 39.2 Å². The quantitative estimate of drug-likeness (QED) is 0.677.